The van der Waals surface area contributed by atoms with Crippen molar-refractivity contribution in [2.75, 3.05) is 26.7 Å². The zero-order valence-electron chi connectivity index (χ0n) is 14.7. The molecule has 2 fully saturated rings. The van der Waals surface area contributed by atoms with Crippen molar-refractivity contribution in [2.45, 2.75) is 44.7 Å². The van der Waals surface area contributed by atoms with Gasteiger partial charge in [0.2, 0.25) is 0 Å². The van der Waals surface area contributed by atoms with Gasteiger partial charge in [0.25, 0.3) is 0 Å². The van der Waals surface area contributed by atoms with E-state index in [1.165, 1.54) is 12.5 Å². The van der Waals surface area contributed by atoms with Crippen LogP contribution in [-0.2, 0) is 6.42 Å². The predicted octanol–water partition coefficient (Wildman–Crippen LogP) is 2.88. The van der Waals surface area contributed by atoms with Crippen molar-refractivity contribution in [3.63, 3.8) is 0 Å². The number of urea groups is 1. The molecule has 0 bridgehead atoms. The second kappa shape index (κ2) is 7.51. The lowest BCUT2D eigenvalue weighted by atomic mass is 9.84. The molecule has 4 nitrogen and oxygen atoms in total. The fourth-order valence-corrected chi connectivity index (χ4v) is 4.18. The van der Waals surface area contributed by atoms with Crippen LogP contribution in [0.15, 0.2) is 24.3 Å². The zero-order chi connectivity index (χ0) is 17.1. The van der Waals surface area contributed by atoms with E-state index < -0.39 is 0 Å². The quantitative estimate of drug-likeness (QED) is 0.923. The maximum absolute atomic E-state index is 13.8. The van der Waals surface area contributed by atoms with Gasteiger partial charge in [0.1, 0.15) is 5.82 Å². The normalized spacial score (nSPS) is 25.9. The Kier molecular flexibility index (Phi) is 5.39. The number of amides is 2. The molecule has 0 unspecified atom stereocenters. The molecular formula is C19H28FN3O. The average molecular weight is 333 g/mol. The second-order valence-electron chi connectivity index (χ2n) is 7.36. The van der Waals surface area contributed by atoms with E-state index in [4.69, 9.17) is 0 Å². The van der Waals surface area contributed by atoms with Gasteiger partial charge < -0.3 is 15.1 Å². The number of piperidine rings is 2. The molecule has 2 amide bonds. The maximum Gasteiger partial charge on any atom is 0.317 e. The van der Waals surface area contributed by atoms with E-state index in [2.05, 4.69) is 17.3 Å². The Morgan fingerprint density at radius 2 is 2.12 bits per heavy atom. The number of benzene rings is 1. The smallest absolute Gasteiger partial charge is 0.317 e. The SMILES string of the molecule is C[C@H](Cc1ccccc1F)NC(=O)N1CCC[C@@H]2CN(C)CC[C@@H]21. The molecule has 0 aromatic heterocycles. The minimum atomic E-state index is -0.202. The summed E-state index contributed by atoms with van der Waals surface area (Å²) in [6.07, 6.45) is 3.85. The van der Waals surface area contributed by atoms with Gasteiger partial charge >= 0.3 is 6.03 Å². The fraction of sp³-hybridized carbons (Fsp3) is 0.632. The molecule has 132 valence electrons. The van der Waals surface area contributed by atoms with Crippen molar-refractivity contribution in [3.05, 3.63) is 35.6 Å². The van der Waals surface area contributed by atoms with E-state index in [9.17, 15) is 9.18 Å². The first-order valence-electron chi connectivity index (χ1n) is 9.03. The molecule has 2 saturated heterocycles. The summed E-state index contributed by atoms with van der Waals surface area (Å²) in [5.74, 6) is 0.386. The Morgan fingerprint density at radius 1 is 1.33 bits per heavy atom. The molecule has 3 rings (SSSR count). The minimum Gasteiger partial charge on any atom is -0.335 e. The first-order chi connectivity index (χ1) is 11.5. The highest BCUT2D eigenvalue weighted by Gasteiger charge is 2.37. The Bertz CT molecular complexity index is 579. The van der Waals surface area contributed by atoms with Gasteiger partial charge in [-0.1, -0.05) is 18.2 Å². The predicted molar refractivity (Wildman–Crippen MR) is 93.4 cm³/mol. The number of likely N-dealkylation sites (tertiary alicyclic amines) is 2. The number of carbonyl (C=O) groups is 1. The number of nitrogens with zero attached hydrogens (tertiary/aromatic N) is 2. The molecule has 1 aromatic carbocycles. The highest BCUT2D eigenvalue weighted by Crippen LogP contribution is 2.30. The summed E-state index contributed by atoms with van der Waals surface area (Å²) in [5, 5.41) is 3.08. The number of hydrogen-bond acceptors (Lipinski definition) is 2. The largest absolute Gasteiger partial charge is 0.335 e. The van der Waals surface area contributed by atoms with E-state index in [1.54, 1.807) is 12.1 Å². The molecule has 1 N–H and O–H groups in total. The van der Waals surface area contributed by atoms with Crippen molar-refractivity contribution in [2.24, 2.45) is 5.92 Å². The number of carbonyl (C=O) groups excluding carboxylic acids is 1. The monoisotopic (exact) mass is 333 g/mol. The topological polar surface area (TPSA) is 35.6 Å². The first kappa shape index (κ1) is 17.2. The van der Waals surface area contributed by atoms with Crippen molar-refractivity contribution in [3.8, 4) is 0 Å². The molecule has 2 aliphatic heterocycles. The van der Waals surface area contributed by atoms with Crippen LogP contribution in [0.1, 0.15) is 31.7 Å². The molecular weight excluding hydrogens is 305 g/mol. The number of nitrogens with one attached hydrogen (secondary N) is 1. The van der Waals surface area contributed by atoms with E-state index in [0.29, 0.717) is 23.9 Å². The summed E-state index contributed by atoms with van der Waals surface area (Å²) in [5.41, 5.74) is 0.654. The average Bonchev–Trinajstić information content (AvgIpc) is 2.56. The highest BCUT2D eigenvalue weighted by atomic mass is 19.1. The van der Waals surface area contributed by atoms with Gasteiger partial charge in [-0.05, 0) is 63.7 Å². The minimum absolute atomic E-state index is 0.0121. The van der Waals surface area contributed by atoms with Crippen molar-refractivity contribution in [1.82, 2.24) is 15.1 Å². The Hall–Kier alpha value is -1.62. The molecule has 1 aromatic rings. The van der Waals surface area contributed by atoms with Gasteiger partial charge in [0, 0.05) is 25.2 Å². The third kappa shape index (κ3) is 3.89. The van der Waals surface area contributed by atoms with Crippen molar-refractivity contribution in [1.29, 1.82) is 0 Å². The Morgan fingerprint density at radius 3 is 2.92 bits per heavy atom. The first-order valence-corrected chi connectivity index (χ1v) is 9.03. The molecule has 24 heavy (non-hydrogen) atoms. The van der Waals surface area contributed by atoms with Gasteiger partial charge in [-0.2, -0.15) is 0 Å². The lowest BCUT2D eigenvalue weighted by Crippen LogP contribution is -2.58. The maximum atomic E-state index is 13.8. The number of fused-ring (bicyclic) bond motifs is 1. The van der Waals surface area contributed by atoms with Gasteiger partial charge in [-0.3, -0.25) is 0 Å². The fourth-order valence-electron chi connectivity index (χ4n) is 4.18. The third-order valence-corrected chi connectivity index (χ3v) is 5.39. The Labute approximate surface area is 144 Å². The van der Waals surface area contributed by atoms with E-state index in [-0.39, 0.29) is 17.9 Å². The van der Waals surface area contributed by atoms with E-state index >= 15 is 0 Å². The number of hydrogen-bond donors (Lipinski definition) is 1. The highest BCUT2D eigenvalue weighted by molar-refractivity contribution is 5.75. The number of rotatable bonds is 3. The lowest BCUT2D eigenvalue weighted by Gasteiger charge is -2.46. The molecule has 3 atom stereocenters. The molecule has 0 spiro atoms. The summed E-state index contributed by atoms with van der Waals surface area (Å²) in [7, 11) is 2.16. The van der Waals surface area contributed by atoms with Gasteiger partial charge in [0.05, 0.1) is 0 Å². The zero-order valence-corrected chi connectivity index (χ0v) is 14.7. The van der Waals surface area contributed by atoms with Crippen LogP contribution >= 0.6 is 0 Å². The Balaban J connectivity index is 1.58. The van der Waals surface area contributed by atoms with Crippen LogP contribution in [0.4, 0.5) is 9.18 Å². The van der Waals surface area contributed by atoms with Crippen LogP contribution in [0, 0.1) is 11.7 Å². The molecule has 2 aliphatic rings. The van der Waals surface area contributed by atoms with Crippen LogP contribution in [0.5, 0.6) is 0 Å². The van der Waals surface area contributed by atoms with E-state index in [0.717, 1.165) is 32.5 Å². The molecule has 2 heterocycles. The molecule has 5 heteroatoms. The molecule has 0 radical (unpaired) electrons. The summed E-state index contributed by atoms with van der Waals surface area (Å²) in [6.45, 7) is 4.92. The van der Waals surface area contributed by atoms with Crippen LogP contribution in [0.3, 0.4) is 0 Å². The van der Waals surface area contributed by atoms with Crippen LogP contribution in [0.25, 0.3) is 0 Å². The van der Waals surface area contributed by atoms with Crippen LogP contribution in [-0.4, -0.2) is 54.6 Å². The van der Waals surface area contributed by atoms with Gasteiger partial charge in [-0.15, -0.1) is 0 Å². The molecule has 0 aliphatic carbocycles. The van der Waals surface area contributed by atoms with E-state index in [1.807, 2.05) is 17.9 Å². The van der Waals surface area contributed by atoms with Gasteiger partial charge in [0.15, 0.2) is 0 Å². The summed E-state index contributed by atoms with van der Waals surface area (Å²) in [6, 6.07) is 7.06. The van der Waals surface area contributed by atoms with Crippen molar-refractivity contribution >= 4 is 6.03 Å². The summed E-state index contributed by atoms with van der Waals surface area (Å²) < 4.78 is 13.8. The summed E-state index contributed by atoms with van der Waals surface area (Å²) >= 11 is 0. The summed E-state index contributed by atoms with van der Waals surface area (Å²) in [4.78, 5) is 17.1. The molecule has 0 saturated carbocycles. The lowest BCUT2D eigenvalue weighted by molar-refractivity contribution is 0.0526. The van der Waals surface area contributed by atoms with Crippen LogP contribution < -0.4 is 5.32 Å². The number of halogens is 1. The second-order valence-corrected chi connectivity index (χ2v) is 7.36. The standard InChI is InChI=1S/C19H28FN3O/c1-14(12-15-6-3-4-8-17(15)20)21-19(24)23-10-5-7-16-13-22(2)11-9-18(16)23/h3-4,6,8,14,16,18H,5,7,9-13H2,1-2H3,(H,21,24)/t14-,16-,18+/m1/s1. The van der Waals surface area contributed by atoms with Crippen molar-refractivity contribution < 1.29 is 9.18 Å². The van der Waals surface area contributed by atoms with Gasteiger partial charge in [-0.25, -0.2) is 9.18 Å². The van der Waals surface area contributed by atoms with Crippen LogP contribution in [0.2, 0.25) is 0 Å². The third-order valence-electron chi connectivity index (χ3n) is 5.39.